The van der Waals surface area contributed by atoms with E-state index in [9.17, 15) is 9.59 Å². The van der Waals surface area contributed by atoms with Gasteiger partial charge in [0, 0.05) is 9.86 Å². The van der Waals surface area contributed by atoms with Crippen LogP contribution in [0.2, 0.25) is 0 Å². The quantitative estimate of drug-likeness (QED) is 0.631. The Morgan fingerprint density at radius 2 is 2.21 bits per heavy atom. The summed E-state index contributed by atoms with van der Waals surface area (Å²) >= 11 is 3.36. The zero-order valence-corrected chi connectivity index (χ0v) is 12.1. The van der Waals surface area contributed by atoms with Crippen molar-refractivity contribution in [2.75, 3.05) is 6.61 Å². The van der Waals surface area contributed by atoms with Gasteiger partial charge in [-0.1, -0.05) is 35.3 Å². The number of carbonyl (C=O) groups is 2. The molecule has 100 valence electrons. The molecule has 1 aromatic heterocycles. The molecule has 1 aromatic carbocycles. The van der Waals surface area contributed by atoms with E-state index in [4.69, 9.17) is 4.74 Å². The first kappa shape index (κ1) is 13.8. The zero-order valence-electron chi connectivity index (χ0n) is 10.6. The number of hydrogen-bond donors (Lipinski definition) is 0. The molecule has 4 nitrogen and oxygen atoms in total. The smallest absolute Gasteiger partial charge is 0.419 e. The number of carbonyl (C=O) groups excluding carboxylic acids is 2. The third kappa shape index (κ3) is 2.87. The highest BCUT2D eigenvalue weighted by Crippen LogP contribution is 2.23. The molecule has 0 saturated heterocycles. The maximum atomic E-state index is 12.1. The molecule has 5 heteroatoms. The van der Waals surface area contributed by atoms with Crippen LogP contribution in [-0.2, 0) is 4.74 Å². The van der Waals surface area contributed by atoms with Gasteiger partial charge in [0.1, 0.15) is 0 Å². The molecule has 0 aliphatic rings. The van der Waals surface area contributed by atoms with Gasteiger partial charge in [-0.05, 0) is 24.6 Å². The molecular weight excluding hydrogens is 310 g/mol. The molecule has 0 unspecified atom stereocenters. The summed E-state index contributed by atoms with van der Waals surface area (Å²) in [6.07, 6.45) is 1.91. The van der Waals surface area contributed by atoms with Crippen molar-refractivity contribution < 1.29 is 14.3 Å². The van der Waals surface area contributed by atoms with Gasteiger partial charge in [0.25, 0.3) is 0 Å². The van der Waals surface area contributed by atoms with Gasteiger partial charge in [-0.25, -0.2) is 9.36 Å². The second-order valence-corrected chi connectivity index (χ2v) is 5.11. The highest BCUT2D eigenvalue weighted by molar-refractivity contribution is 9.10. The summed E-state index contributed by atoms with van der Waals surface area (Å²) < 4.78 is 7.32. The Morgan fingerprint density at radius 3 is 2.89 bits per heavy atom. The Morgan fingerprint density at radius 1 is 1.42 bits per heavy atom. The molecule has 0 aliphatic carbocycles. The second kappa shape index (κ2) is 6.02. The van der Waals surface area contributed by atoms with Crippen molar-refractivity contribution >= 4 is 39.2 Å². The monoisotopic (exact) mass is 323 g/mol. The van der Waals surface area contributed by atoms with Crippen LogP contribution < -0.4 is 0 Å². The van der Waals surface area contributed by atoms with E-state index in [1.807, 2.05) is 19.1 Å². The van der Waals surface area contributed by atoms with Crippen LogP contribution in [0.5, 0.6) is 0 Å². The average Bonchev–Trinajstić information content (AvgIpc) is 2.76. The Balaban J connectivity index is 2.41. The summed E-state index contributed by atoms with van der Waals surface area (Å²) in [5.74, 6) is 0. The minimum Gasteiger partial charge on any atom is -0.449 e. The summed E-state index contributed by atoms with van der Waals surface area (Å²) in [7, 11) is 0. The number of hydrogen-bond acceptors (Lipinski definition) is 3. The SMILES string of the molecule is CCCCOC(=O)n1c(C=O)cc2ccc(Br)cc21. The average molecular weight is 324 g/mol. The number of rotatable bonds is 4. The van der Waals surface area contributed by atoms with Crippen LogP contribution in [0.4, 0.5) is 4.79 Å². The summed E-state index contributed by atoms with van der Waals surface area (Å²) in [5, 5.41) is 0.831. The van der Waals surface area contributed by atoms with Crippen LogP contribution in [0.15, 0.2) is 28.7 Å². The summed E-state index contributed by atoms with van der Waals surface area (Å²) in [6.45, 7) is 2.38. The number of nitrogens with zero attached hydrogens (tertiary/aromatic N) is 1. The van der Waals surface area contributed by atoms with Crippen molar-refractivity contribution in [3.8, 4) is 0 Å². The van der Waals surface area contributed by atoms with Crippen LogP contribution in [0, 0.1) is 0 Å². The maximum Gasteiger partial charge on any atom is 0.419 e. The molecule has 0 fully saturated rings. The number of fused-ring (bicyclic) bond motifs is 1. The van der Waals surface area contributed by atoms with Crippen molar-refractivity contribution in [2.45, 2.75) is 19.8 Å². The van der Waals surface area contributed by atoms with E-state index in [2.05, 4.69) is 15.9 Å². The fraction of sp³-hybridized carbons (Fsp3) is 0.286. The van der Waals surface area contributed by atoms with Crippen molar-refractivity contribution in [3.05, 3.63) is 34.4 Å². The lowest BCUT2D eigenvalue weighted by Crippen LogP contribution is -2.16. The standard InChI is InChI=1S/C14H14BrNO3/c1-2-3-6-19-14(18)16-12(9-17)7-10-4-5-11(15)8-13(10)16/h4-5,7-9H,2-3,6H2,1H3. The predicted octanol–water partition coefficient (Wildman–Crippen LogP) is 4.00. The largest absolute Gasteiger partial charge is 0.449 e. The van der Waals surface area contributed by atoms with Crippen molar-refractivity contribution in [3.63, 3.8) is 0 Å². The van der Waals surface area contributed by atoms with Crippen molar-refractivity contribution in [1.29, 1.82) is 0 Å². The highest BCUT2D eigenvalue weighted by Gasteiger charge is 2.16. The van der Waals surface area contributed by atoms with E-state index in [1.54, 1.807) is 12.1 Å². The van der Waals surface area contributed by atoms with Gasteiger partial charge in [0.15, 0.2) is 6.29 Å². The molecule has 0 spiro atoms. The molecule has 0 saturated carbocycles. The van der Waals surface area contributed by atoms with Crippen LogP contribution >= 0.6 is 15.9 Å². The number of unbranched alkanes of at least 4 members (excludes halogenated alkanes) is 1. The molecule has 0 amide bonds. The second-order valence-electron chi connectivity index (χ2n) is 4.19. The van der Waals surface area contributed by atoms with Crippen LogP contribution in [0.1, 0.15) is 30.3 Å². The molecule has 2 rings (SSSR count). The molecule has 0 N–H and O–H groups in total. The third-order valence-corrected chi connectivity index (χ3v) is 3.31. The first-order valence-electron chi connectivity index (χ1n) is 6.10. The first-order valence-corrected chi connectivity index (χ1v) is 6.90. The third-order valence-electron chi connectivity index (χ3n) is 2.82. The first-order chi connectivity index (χ1) is 9.17. The van der Waals surface area contributed by atoms with Gasteiger partial charge in [0.2, 0.25) is 0 Å². The zero-order chi connectivity index (χ0) is 13.8. The van der Waals surface area contributed by atoms with Crippen LogP contribution in [0.25, 0.3) is 10.9 Å². The fourth-order valence-electron chi connectivity index (χ4n) is 1.85. The van der Waals surface area contributed by atoms with Gasteiger partial charge in [0.05, 0.1) is 17.8 Å². The van der Waals surface area contributed by atoms with Gasteiger partial charge >= 0.3 is 6.09 Å². The van der Waals surface area contributed by atoms with E-state index >= 15 is 0 Å². The summed E-state index contributed by atoms with van der Waals surface area (Å²) in [5.41, 5.74) is 0.965. The molecule has 0 atom stereocenters. The molecule has 2 aromatic rings. The van der Waals surface area contributed by atoms with Crippen molar-refractivity contribution in [2.24, 2.45) is 0 Å². The molecular formula is C14H14BrNO3. The fourth-order valence-corrected chi connectivity index (χ4v) is 2.20. The minimum absolute atomic E-state index is 0.301. The molecule has 1 heterocycles. The number of ether oxygens (including phenoxy) is 1. The van der Waals surface area contributed by atoms with Crippen LogP contribution in [-0.4, -0.2) is 23.6 Å². The Hall–Kier alpha value is -1.62. The lowest BCUT2D eigenvalue weighted by atomic mass is 10.2. The number of halogens is 1. The van der Waals surface area contributed by atoms with E-state index in [-0.39, 0.29) is 0 Å². The molecule has 0 bridgehead atoms. The Labute approximate surface area is 119 Å². The lowest BCUT2D eigenvalue weighted by Gasteiger charge is -2.07. The topological polar surface area (TPSA) is 48.3 Å². The maximum absolute atomic E-state index is 12.1. The Kier molecular flexibility index (Phi) is 4.37. The lowest BCUT2D eigenvalue weighted by molar-refractivity contribution is 0.110. The summed E-state index contributed by atoms with van der Waals surface area (Å²) in [4.78, 5) is 23.1. The predicted molar refractivity (Wildman–Crippen MR) is 76.7 cm³/mol. The molecule has 0 radical (unpaired) electrons. The normalized spacial score (nSPS) is 10.6. The Bertz CT molecular complexity index is 618. The van der Waals surface area contributed by atoms with Crippen LogP contribution in [0.3, 0.4) is 0 Å². The number of benzene rings is 1. The van der Waals surface area contributed by atoms with E-state index in [1.165, 1.54) is 4.57 Å². The van der Waals surface area contributed by atoms with Gasteiger partial charge in [-0.15, -0.1) is 0 Å². The minimum atomic E-state index is -0.511. The molecule has 19 heavy (non-hydrogen) atoms. The number of aromatic nitrogens is 1. The highest BCUT2D eigenvalue weighted by atomic mass is 79.9. The van der Waals surface area contributed by atoms with E-state index in [0.29, 0.717) is 24.1 Å². The van der Waals surface area contributed by atoms with Gasteiger partial charge in [-0.2, -0.15) is 0 Å². The molecule has 0 aliphatic heterocycles. The summed E-state index contributed by atoms with van der Waals surface area (Å²) in [6, 6.07) is 7.19. The van der Waals surface area contributed by atoms with Gasteiger partial charge < -0.3 is 4.74 Å². The van der Waals surface area contributed by atoms with E-state index < -0.39 is 6.09 Å². The van der Waals surface area contributed by atoms with E-state index in [0.717, 1.165) is 22.7 Å². The number of aldehydes is 1. The van der Waals surface area contributed by atoms with Gasteiger partial charge in [-0.3, -0.25) is 4.79 Å². The van der Waals surface area contributed by atoms with Crippen molar-refractivity contribution in [1.82, 2.24) is 4.57 Å².